The van der Waals surface area contributed by atoms with E-state index in [0.29, 0.717) is 5.75 Å². The van der Waals surface area contributed by atoms with E-state index >= 15 is 0 Å². The van der Waals surface area contributed by atoms with E-state index in [0.717, 1.165) is 39.3 Å². The summed E-state index contributed by atoms with van der Waals surface area (Å²) in [4.78, 5) is 17.0. The quantitative estimate of drug-likeness (QED) is 0.770. The van der Waals surface area contributed by atoms with Gasteiger partial charge in [0.15, 0.2) is 5.78 Å². The number of benzene rings is 1. The third-order valence-electron chi connectivity index (χ3n) is 3.91. The lowest BCUT2D eigenvalue weighted by Crippen LogP contribution is -2.06. The number of rotatable bonds is 4. The van der Waals surface area contributed by atoms with Crippen LogP contribution in [0.25, 0.3) is 5.69 Å². The molecule has 0 fully saturated rings. The van der Waals surface area contributed by atoms with Gasteiger partial charge in [-0.05, 0) is 39.0 Å². The van der Waals surface area contributed by atoms with Gasteiger partial charge < -0.3 is 4.57 Å². The predicted octanol–water partition coefficient (Wildman–Crippen LogP) is 4.42. The van der Waals surface area contributed by atoms with E-state index in [1.807, 2.05) is 19.9 Å². The van der Waals surface area contributed by atoms with Gasteiger partial charge in [0.1, 0.15) is 4.38 Å². The molecule has 0 bridgehead atoms. The topological polar surface area (TPSA) is 34.4 Å². The first-order valence-corrected chi connectivity index (χ1v) is 9.62. The minimum absolute atomic E-state index is 0.177. The molecule has 0 radical (unpaired) electrons. The van der Waals surface area contributed by atoms with Gasteiger partial charge in [0.2, 0.25) is 0 Å². The predicted molar refractivity (Wildman–Crippen MR) is 102 cm³/mol. The van der Waals surface area contributed by atoms with Gasteiger partial charge >= 0.3 is 0 Å². The van der Waals surface area contributed by atoms with E-state index in [1.165, 1.54) is 5.56 Å². The molecule has 5 heteroatoms. The first-order chi connectivity index (χ1) is 11.1. The number of carbonyl (C=O) groups excluding carboxylic acids is 1. The second-order valence-corrected chi connectivity index (χ2v) is 7.97. The van der Waals surface area contributed by atoms with Gasteiger partial charge in [-0.25, -0.2) is 0 Å². The normalized spacial score (nSPS) is 14.1. The van der Waals surface area contributed by atoms with E-state index in [4.69, 9.17) is 0 Å². The maximum atomic E-state index is 12.6. The Morgan fingerprint density at radius 3 is 2.65 bits per heavy atom. The molecule has 0 atom stereocenters. The van der Waals surface area contributed by atoms with Crippen molar-refractivity contribution in [2.75, 3.05) is 18.1 Å². The maximum absolute atomic E-state index is 12.6. The zero-order valence-corrected chi connectivity index (χ0v) is 15.3. The Hall–Kier alpha value is -1.46. The molecular weight excluding hydrogens is 324 g/mol. The van der Waals surface area contributed by atoms with Crippen molar-refractivity contribution in [1.29, 1.82) is 0 Å². The molecule has 0 amide bonds. The van der Waals surface area contributed by atoms with Crippen molar-refractivity contribution in [2.45, 2.75) is 20.8 Å². The van der Waals surface area contributed by atoms with Crippen molar-refractivity contribution >= 4 is 33.7 Å². The van der Waals surface area contributed by atoms with Crippen LogP contribution in [0.5, 0.6) is 0 Å². The third-order valence-corrected chi connectivity index (χ3v) is 6.16. The molecule has 0 spiro atoms. The minimum atomic E-state index is 0.177. The number of hydrogen-bond acceptors (Lipinski definition) is 4. The number of nitrogens with zero attached hydrogens (tertiary/aromatic N) is 2. The average molecular weight is 345 g/mol. The smallest absolute Gasteiger partial charge is 0.174 e. The fourth-order valence-electron chi connectivity index (χ4n) is 2.74. The molecule has 1 aliphatic rings. The molecule has 3 nitrogen and oxygen atoms in total. The van der Waals surface area contributed by atoms with Crippen molar-refractivity contribution in [3.8, 4) is 5.69 Å². The molecule has 0 N–H and O–H groups in total. The molecular formula is C18H20N2OS2. The van der Waals surface area contributed by atoms with Crippen LogP contribution in [0, 0.1) is 20.8 Å². The maximum Gasteiger partial charge on any atom is 0.174 e. The number of ketones is 1. The highest BCUT2D eigenvalue weighted by Crippen LogP contribution is 2.25. The summed E-state index contributed by atoms with van der Waals surface area (Å²) >= 11 is 3.31. The first-order valence-electron chi connectivity index (χ1n) is 7.65. The number of hydrogen-bond donors (Lipinski definition) is 0. The van der Waals surface area contributed by atoms with Gasteiger partial charge in [-0.1, -0.05) is 41.2 Å². The SMILES string of the molecule is Cc1ccc(-n2c(C)cc(C(=O)CSC3=NCCS3)c2C)cc1. The average Bonchev–Trinajstić information content (AvgIpc) is 3.14. The Morgan fingerprint density at radius 2 is 2.00 bits per heavy atom. The fourth-order valence-corrected chi connectivity index (χ4v) is 4.64. The summed E-state index contributed by atoms with van der Waals surface area (Å²) < 4.78 is 3.20. The summed E-state index contributed by atoms with van der Waals surface area (Å²) in [5.74, 6) is 1.68. The highest BCUT2D eigenvalue weighted by Gasteiger charge is 2.18. The number of Topliss-reactive ketones (excluding diaryl/α,β-unsaturated/α-hetero) is 1. The molecule has 0 aliphatic carbocycles. The number of aliphatic imine (C=N–C) groups is 1. The fraction of sp³-hybridized carbons (Fsp3) is 0.333. The lowest BCUT2D eigenvalue weighted by Gasteiger charge is -2.10. The van der Waals surface area contributed by atoms with Crippen LogP contribution >= 0.6 is 23.5 Å². The Balaban J connectivity index is 1.82. The zero-order chi connectivity index (χ0) is 16.4. The van der Waals surface area contributed by atoms with Crippen LogP contribution in [-0.2, 0) is 0 Å². The van der Waals surface area contributed by atoms with E-state index in [2.05, 4.69) is 40.7 Å². The molecule has 0 saturated heterocycles. The summed E-state index contributed by atoms with van der Waals surface area (Å²) in [7, 11) is 0. The number of thioether (sulfide) groups is 2. The lowest BCUT2D eigenvalue weighted by atomic mass is 10.2. The van der Waals surface area contributed by atoms with Crippen LogP contribution in [0.2, 0.25) is 0 Å². The molecule has 2 heterocycles. The minimum Gasteiger partial charge on any atom is -0.318 e. The summed E-state index contributed by atoms with van der Waals surface area (Å²) in [6.07, 6.45) is 0. The van der Waals surface area contributed by atoms with Crippen molar-refractivity contribution < 1.29 is 4.79 Å². The van der Waals surface area contributed by atoms with Gasteiger partial charge in [0.05, 0.1) is 12.3 Å². The summed E-state index contributed by atoms with van der Waals surface area (Å²) in [6.45, 7) is 7.03. The Labute approximate surface area is 145 Å². The highest BCUT2D eigenvalue weighted by molar-refractivity contribution is 8.39. The van der Waals surface area contributed by atoms with Gasteiger partial charge in [0, 0.05) is 28.4 Å². The zero-order valence-electron chi connectivity index (χ0n) is 13.6. The monoisotopic (exact) mass is 344 g/mol. The van der Waals surface area contributed by atoms with Crippen LogP contribution in [-0.4, -0.2) is 32.8 Å². The van der Waals surface area contributed by atoms with Gasteiger partial charge in [-0.15, -0.1) is 0 Å². The molecule has 0 saturated carbocycles. The van der Waals surface area contributed by atoms with Crippen molar-refractivity contribution in [3.05, 3.63) is 52.8 Å². The number of carbonyl (C=O) groups is 1. The Morgan fingerprint density at radius 1 is 1.26 bits per heavy atom. The Bertz CT molecular complexity index is 760. The molecule has 1 aromatic heterocycles. The van der Waals surface area contributed by atoms with Crippen molar-refractivity contribution in [1.82, 2.24) is 4.57 Å². The standard InChI is InChI=1S/C18H20N2OS2/c1-12-4-6-15(7-5-12)20-13(2)10-16(14(20)3)17(21)11-23-18-19-8-9-22-18/h4-7,10H,8-9,11H2,1-3H3. The van der Waals surface area contributed by atoms with Crippen LogP contribution < -0.4 is 0 Å². The third kappa shape index (κ3) is 3.56. The summed E-state index contributed by atoms with van der Waals surface area (Å²) in [5, 5.41) is 0. The molecule has 120 valence electrons. The van der Waals surface area contributed by atoms with E-state index < -0.39 is 0 Å². The molecule has 1 aliphatic heterocycles. The highest BCUT2D eigenvalue weighted by atomic mass is 32.2. The first kappa shape index (κ1) is 16.4. The van der Waals surface area contributed by atoms with Gasteiger partial charge in [-0.3, -0.25) is 9.79 Å². The molecule has 2 aromatic rings. The van der Waals surface area contributed by atoms with Crippen LogP contribution in [0.1, 0.15) is 27.3 Å². The van der Waals surface area contributed by atoms with Crippen LogP contribution in [0.4, 0.5) is 0 Å². The Kier molecular flexibility index (Phi) is 4.97. The molecule has 3 rings (SSSR count). The summed E-state index contributed by atoms with van der Waals surface area (Å²) in [5.41, 5.74) is 5.26. The summed E-state index contributed by atoms with van der Waals surface area (Å²) in [6, 6.07) is 10.4. The second-order valence-electron chi connectivity index (χ2n) is 5.66. The van der Waals surface area contributed by atoms with E-state index in [9.17, 15) is 4.79 Å². The van der Waals surface area contributed by atoms with Crippen molar-refractivity contribution in [3.63, 3.8) is 0 Å². The van der Waals surface area contributed by atoms with E-state index in [1.54, 1.807) is 23.5 Å². The largest absolute Gasteiger partial charge is 0.318 e. The van der Waals surface area contributed by atoms with Crippen LogP contribution in [0.15, 0.2) is 35.3 Å². The van der Waals surface area contributed by atoms with Gasteiger partial charge in [0.25, 0.3) is 0 Å². The molecule has 1 aromatic carbocycles. The number of aryl methyl sites for hydroxylation is 2. The van der Waals surface area contributed by atoms with Gasteiger partial charge in [-0.2, -0.15) is 0 Å². The van der Waals surface area contributed by atoms with Crippen LogP contribution in [0.3, 0.4) is 0 Å². The molecule has 23 heavy (non-hydrogen) atoms. The number of aromatic nitrogens is 1. The molecule has 0 unspecified atom stereocenters. The second kappa shape index (κ2) is 6.97. The lowest BCUT2D eigenvalue weighted by molar-refractivity contribution is 0.102. The van der Waals surface area contributed by atoms with E-state index in [-0.39, 0.29) is 5.78 Å². The van der Waals surface area contributed by atoms with Crippen molar-refractivity contribution in [2.24, 2.45) is 4.99 Å².